The van der Waals surface area contributed by atoms with Crippen LogP contribution in [0.3, 0.4) is 0 Å². The zero-order chi connectivity index (χ0) is 11.6. The van der Waals surface area contributed by atoms with E-state index < -0.39 is 5.60 Å². The van der Waals surface area contributed by atoms with Crippen LogP contribution in [0.15, 0.2) is 12.1 Å². The first-order chi connectivity index (χ1) is 6.92. The quantitative estimate of drug-likeness (QED) is 0.717. The summed E-state index contributed by atoms with van der Waals surface area (Å²) in [6, 6.07) is 3.05. The van der Waals surface area contributed by atoms with Gasteiger partial charge in [0.05, 0.1) is 5.60 Å². The Balaban J connectivity index is 3.40. The second-order valence-electron chi connectivity index (χ2n) is 4.03. The molecule has 2 nitrogen and oxygen atoms in total. The summed E-state index contributed by atoms with van der Waals surface area (Å²) < 4.78 is 19.0. The highest BCUT2D eigenvalue weighted by Crippen LogP contribution is 2.28. The average molecular weight is 210 g/mol. The summed E-state index contributed by atoms with van der Waals surface area (Å²) in [6.07, 6.45) is 0.710. The van der Waals surface area contributed by atoms with E-state index >= 15 is 0 Å². The van der Waals surface area contributed by atoms with E-state index in [9.17, 15) is 9.18 Å². The van der Waals surface area contributed by atoms with E-state index in [-0.39, 0.29) is 5.82 Å². The summed E-state index contributed by atoms with van der Waals surface area (Å²) in [4.78, 5) is 10.7. The van der Waals surface area contributed by atoms with Crippen molar-refractivity contribution in [2.45, 2.75) is 26.4 Å². The van der Waals surface area contributed by atoms with Crippen molar-refractivity contribution in [2.24, 2.45) is 0 Å². The molecule has 0 atom stereocenters. The lowest BCUT2D eigenvalue weighted by Crippen LogP contribution is -2.22. The normalized spacial score (nSPS) is 11.5. The van der Waals surface area contributed by atoms with Gasteiger partial charge in [0.1, 0.15) is 12.1 Å². The van der Waals surface area contributed by atoms with E-state index in [1.165, 1.54) is 19.2 Å². The molecule has 0 bridgehead atoms. The third kappa shape index (κ3) is 2.23. The molecule has 3 heteroatoms. The lowest BCUT2D eigenvalue weighted by Gasteiger charge is -2.25. The number of methoxy groups -OCH3 is 1. The predicted molar refractivity (Wildman–Crippen MR) is 56.6 cm³/mol. The van der Waals surface area contributed by atoms with Gasteiger partial charge in [-0.1, -0.05) is 0 Å². The number of carbonyl (C=O) groups excluding carboxylic acids is 1. The summed E-state index contributed by atoms with van der Waals surface area (Å²) in [5.41, 5.74) is 0.606. The van der Waals surface area contributed by atoms with E-state index in [0.29, 0.717) is 23.0 Å². The molecule has 0 heterocycles. The van der Waals surface area contributed by atoms with Crippen LogP contribution in [0.25, 0.3) is 0 Å². The SMILES string of the molecule is COC(C)(C)c1cc(C=O)cc(C)c1F. The van der Waals surface area contributed by atoms with Gasteiger partial charge in [-0.15, -0.1) is 0 Å². The number of hydrogen-bond acceptors (Lipinski definition) is 2. The van der Waals surface area contributed by atoms with Gasteiger partial charge in [0.25, 0.3) is 0 Å². The monoisotopic (exact) mass is 210 g/mol. The van der Waals surface area contributed by atoms with Crippen LogP contribution in [0.4, 0.5) is 4.39 Å². The lowest BCUT2D eigenvalue weighted by atomic mass is 9.93. The Hall–Kier alpha value is -1.22. The van der Waals surface area contributed by atoms with Crippen molar-refractivity contribution in [3.8, 4) is 0 Å². The van der Waals surface area contributed by atoms with Gasteiger partial charge in [0.2, 0.25) is 0 Å². The van der Waals surface area contributed by atoms with Crippen LogP contribution in [0.5, 0.6) is 0 Å². The smallest absolute Gasteiger partial charge is 0.150 e. The molecule has 0 fully saturated rings. The molecule has 15 heavy (non-hydrogen) atoms. The predicted octanol–water partition coefficient (Wildman–Crippen LogP) is 2.83. The van der Waals surface area contributed by atoms with Crippen LogP contribution in [0.2, 0.25) is 0 Å². The first-order valence-electron chi connectivity index (χ1n) is 4.73. The third-order valence-electron chi connectivity index (χ3n) is 2.57. The zero-order valence-corrected chi connectivity index (χ0v) is 9.43. The maximum Gasteiger partial charge on any atom is 0.150 e. The number of halogens is 1. The molecule has 82 valence electrons. The van der Waals surface area contributed by atoms with Crippen LogP contribution >= 0.6 is 0 Å². The van der Waals surface area contributed by atoms with Crippen molar-refractivity contribution in [1.82, 2.24) is 0 Å². The van der Waals surface area contributed by atoms with Gasteiger partial charge in [-0.05, 0) is 38.5 Å². The minimum Gasteiger partial charge on any atom is -0.374 e. The second kappa shape index (κ2) is 4.11. The number of hydrogen-bond donors (Lipinski definition) is 0. The number of carbonyl (C=O) groups is 1. The molecule has 0 aromatic heterocycles. The van der Waals surface area contributed by atoms with Crippen LogP contribution in [0, 0.1) is 12.7 Å². The van der Waals surface area contributed by atoms with E-state index in [2.05, 4.69) is 0 Å². The average Bonchev–Trinajstić information content (AvgIpc) is 2.21. The number of aryl methyl sites for hydroxylation is 1. The maximum atomic E-state index is 13.8. The molecule has 0 unspecified atom stereocenters. The molecule has 0 N–H and O–H groups in total. The fourth-order valence-electron chi connectivity index (χ4n) is 1.41. The summed E-state index contributed by atoms with van der Waals surface area (Å²) in [5.74, 6) is -0.313. The molecule has 1 aromatic rings. The molecule has 0 radical (unpaired) electrons. The highest BCUT2D eigenvalue weighted by molar-refractivity contribution is 5.75. The Labute approximate surface area is 89.1 Å². The molecule has 1 rings (SSSR count). The second-order valence-corrected chi connectivity index (χ2v) is 4.03. The third-order valence-corrected chi connectivity index (χ3v) is 2.57. The van der Waals surface area contributed by atoms with Gasteiger partial charge in [0, 0.05) is 18.2 Å². The Morgan fingerprint density at radius 3 is 2.47 bits per heavy atom. The summed E-state index contributed by atoms with van der Waals surface area (Å²) in [6.45, 7) is 5.16. The van der Waals surface area contributed by atoms with Crippen molar-refractivity contribution in [2.75, 3.05) is 7.11 Å². The Kier molecular flexibility index (Phi) is 3.25. The van der Waals surface area contributed by atoms with E-state index in [1.807, 2.05) is 0 Å². The number of benzene rings is 1. The van der Waals surface area contributed by atoms with Gasteiger partial charge in [-0.3, -0.25) is 4.79 Å². The van der Waals surface area contributed by atoms with Gasteiger partial charge < -0.3 is 4.74 Å². The van der Waals surface area contributed by atoms with Crippen LogP contribution in [-0.4, -0.2) is 13.4 Å². The van der Waals surface area contributed by atoms with Gasteiger partial charge in [-0.25, -0.2) is 4.39 Å². The van der Waals surface area contributed by atoms with Crippen LogP contribution in [0.1, 0.15) is 35.3 Å². The van der Waals surface area contributed by atoms with Crippen molar-refractivity contribution in [3.05, 3.63) is 34.6 Å². The molecule has 0 aliphatic rings. The largest absolute Gasteiger partial charge is 0.374 e. The van der Waals surface area contributed by atoms with E-state index in [1.54, 1.807) is 20.8 Å². The molecular formula is C12H15FO2. The summed E-state index contributed by atoms with van der Waals surface area (Å²) >= 11 is 0. The first-order valence-corrected chi connectivity index (χ1v) is 4.73. The standard InChI is InChI=1S/C12H15FO2/c1-8-5-9(7-14)6-10(11(8)13)12(2,3)15-4/h5-7H,1-4H3. The van der Waals surface area contributed by atoms with E-state index in [4.69, 9.17) is 4.74 Å². The Morgan fingerprint density at radius 1 is 1.40 bits per heavy atom. The van der Waals surface area contributed by atoms with Gasteiger partial charge in [-0.2, -0.15) is 0 Å². The zero-order valence-electron chi connectivity index (χ0n) is 9.43. The summed E-state index contributed by atoms with van der Waals surface area (Å²) in [5, 5.41) is 0. The number of ether oxygens (including phenoxy) is 1. The maximum absolute atomic E-state index is 13.8. The molecular weight excluding hydrogens is 195 g/mol. The fourth-order valence-corrected chi connectivity index (χ4v) is 1.41. The fraction of sp³-hybridized carbons (Fsp3) is 0.417. The molecule has 0 amide bonds. The minimum absolute atomic E-state index is 0.313. The number of rotatable bonds is 3. The molecule has 0 spiro atoms. The highest BCUT2D eigenvalue weighted by Gasteiger charge is 2.25. The number of aldehydes is 1. The molecule has 0 aliphatic heterocycles. The van der Waals surface area contributed by atoms with Crippen molar-refractivity contribution in [3.63, 3.8) is 0 Å². The lowest BCUT2D eigenvalue weighted by molar-refractivity contribution is 0.0161. The van der Waals surface area contributed by atoms with Gasteiger partial charge >= 0.3 is 0 Å². The molecule has 1 aromatic carbocycles. The molecule has 0 aliphatic carbocycles. The highest BCUT2D eigenvalue weighted by atomic mass is 19.1. The van der Waals surface area contributed by atoms with Crippen molar-refractivity contribution in [1.29, 1.82) is 0 Å². The Morgan fingerprint density at radius 2 is 2.00 bits per heavy atom. The minimum atomic E-state index is -0.728. The topological polar surface area (TPSA) is 26.3 Å². The Bertz CT molecular complexity index is 383. The van der Waals surface area contributed by atoms with Crippen LogP contribution in [-0.2, 0) is 10.3 Å². The summed E-state index contributed by atoms with van der Waals surface area (Å²) in [7, 11) is 1.52. The first kappa shape index (κ1) is 11.9. The van der Waals surface area contributed by atoms with Crippen molar-refractivity contribution < 1.29 is 13.9 Å². The van der Waals surface area contributed by atoms with Gasteiger partial charge in [0.15, 0.2) is 0 Å². The van der Waals surface area contributed by atoms with Crippen LogP contribution < -0.4 is 0 Å². The van der Waals surface area contributed by atoms with E-state index in [0.717, 1.165) is 0 Å². The molecule has 0 saturated carbocycles. The molecule has 0 saturated heterocycles. The van der Waals surface area contributed by atoms with Crippen molar-refractivity contribution >= 4 is 6.29 Å².